The molecule has 0 spiro atoms. The Morgan fingerprint density at radius 2 is 2.16 bits per heavy atom. The van der Waals surface area contributed by atoms with Gasteiger partial charge in [0.05, 0.1) is 32.0 Å². The Kier molecular flexibility index (Phi) is 5.57. The number of carbonyl (C=O) groups is 1. The highest BCUT2D eigenvalue weighted by Crippen LogP contribution is 2.07. The van der Waals surface area contributed by atoms with Crippen molar-refractivity contribution in [3.8, 4) is 0 Å². The average molecular weight is 272 g/mol. The smallest absolute Gasteiger partial charge is 0.251 e. The van der Waals surface area contributed by atoms with E-state index in [1.54, 1.807) is 11.8 Å². The molecular formula is C13H24N2O4. The molecule has 2 aliphatic rings. The molecule has 0 saturated carbocycles. The maximum Gasteiger partial charge on any atom is 0.251 e. The molecule has 6 heteroatoms. The molecule has 3 atom stereocenters. The molecule has 19 heavy (non-hydrogen) atoms. The summed E-state index contributed by atoms with van der Waals surface area (Å²) in [6.07, 6.45) is -0.185. The molecule has 2 aliphatic heterocycles. The monoisotopic (exact) mass is 272 g/mol. The van der Waals surface area contributed by atoms with Crippen LogP contribution in [0.25, 0.3) is 0 Å². The number of hydrogen-bond acceptors (Lipinski definition) is 5. The van der Waals surface area contributed by atoms with Crippen molar-refractivity contribution in [3.63, 3.8) is 0 Å². The first kappa shape index (κ1) is 14.7. The highest BCUT2D eigenvalue weighted by Gasteiger charge is 2.25. The zero-order valence-corrected chi connectivity index (χ0v) is 11.8. The number of rotatable bonds is 4. The van der Waals surface area contributed by atoms with Crippen LogP contribution in [0, 0.1) is 0 Å². The van der Waals surface area contributed by atoms with Gasteiger partial charge in [-0.3, -0.25) is 4.79 Å². The second-order valence-electron chi connectivity index (χ2n) is 5.14. The first-order valence-corrected chi connectivity index (χ1v) is 7.01. The minimum atomic E-state index is -0.418. The fourth-order valence-corrected chi connectivity index (χ4v) is 2.33. The van der Waals surface area contributed by atoms with Gasteiger partial charge in [0.15, 0.2) is 0 Å². The van der Waals surface area contributed by atoms with Gasteiger partial charge in [-0.05, 0) is 13.8 Å². The molecule has 0 aromatic carbocycles. The maximum atomic E-state index is 12.1. The third kappa shape index (κ3) is 4.42. The van der Waals surface area contributed by atoms with E-state index in [-0.39, 0.29) is 18.1 Å². The maximum absolute atomic E-state index is 12.1. The fourth-order valence-electron chi connectivity index (χ4n) is 2.33. The summed E-state index contributed by atoms with van der Waals surface area (Å²) in [4.78, 5) is 13.9. The van der Waals surface area contributed by atoms with Crippen molar-refractivity contribution in [1.29, 1.82) is 0 Å². The number of amides is 1. The van der Waals surface area contributed by atoms with Crippen LogP contribution in [-0.2, 0) is 19.0 Å². The normalized spacial score (nSPS) is 30.1. The largest absolute Gasteiger partial charge is 0.378 e. The topological polar surface area (TPSA) is 60.0 Å². The van der Waals surface area contributed by atoms with E-state index in [2.05, 4.69) is 5.32 Å². The number of nitrogens with zero attached hydrogens (tertiary/aromatic N) is 1. The molecule has 0 radical (unpaired) electrons. The molecule has 2 fully saturated rings. The van der Waals surface area contributed by atoms with Crippen LogP contribution in [0.5, 0.6) is 0 Å². The Morgan fingerprint density at radius 1 is 1.42 bits per heavy atom. The summed E-state index contributed by atoms with van der Waals surface area (Å²) in [6, 6.07) is 0. The predicted octanol–water partition coefficient (Wildman–Crippen LogP) is -0.373. The van der Waals surface area contributed by atoms with Crippen LogP contribution in [0.1, 0.15) is 13.8 Å². The summed E-state index contributed by atoms with van der Waals surface area (Å²) in [6.45, 7) is 8.49. The van der Waals surface area contributed by atoms with E-state index in [1.807, 2.05) is 6.92 Å². The van der Waals surface area contributed by atoms with Crippen molar-refractivity contribution in [2.75, 3.05) is 46.0 Å². The molecule has 0 aromatic heterocycles. The second kappa shape index (κ2) is 7.19. The standard InChI is InChI=1S/C13H24N2O4/c1-10-7-14-8-12(19-10)9-18-11(2)13(16)15-3-5-17-6-4-15/h10-12,14H,3-9H2,1-2H3. The van der Waals surface area contributed by atoms with Crippen molar-refractivity contribution >= 4 is 5.91 Å². The number of hydrogen-bond donors (Lipinski definition) is 1. The molecule has 2 saturated heterocycles. The minimum absolute atomic E-state index is 0.0312. The number of ether oxygens (including phenoxy) is 3. The lowest BCUT2D eigenvalue weighted by molar-refractivity contribution is -0.151. The van der Waals surface area contributed by atoms with Crippen LogP contribution in [-0.4, -0.2) is 75.1 Å². The molecule has 0 aromatic rings. The highest BCUT2D eigenvalue weighted by atomic mass is 16.5. The summed E-state index contributed by atoms with van der Waals surface area (Å²) in [7, 11) is 0. The minimum Gasteiger partial charge on any atom is -0.378 e. The number of carbonyl (C=O) groups excluding carboxylic acids is 1. The third-order valence-corrected chi connectivity index (χ3v) is 3.43. The van der Waals surface area contributed by atoms with Gasteiger partial charge >= 0.3 is 0 Å². The second-order valence-corrected chi connectivity index (χ2v) is 5.14. The molecule has 6 nitrogen and oxygen atoms in total. The van der Waals surface area contributed by atoms with E-state index in [1.165, 1.54) is 0 Å². The van der Waals surface area contributed by atoms with E-state index in [4.69, 9.17) is 14.2 Å². The van der Waals surface area contributed by atoms with Crippen LogP contribution in [0.2, 0.25) is 0 Å². The number of morpholine rings is 2. The first-order chi connectivity index (χ1) is 9.16. The van der Waals surface area contributed by atoms with Crippen molar-refractivity contribution in [2.24, 2.45) is 0 Å². The number of nitrogens with one attached hydrogen (secondary N) is 1. The van der Waals surface area contributed by atoms with Gasteiger partial charge in [0.1, 0.15) is 6.10 Å². The lowest BCUT2D eigenvalue weighted by atomic mass is 10.2. The van der Waals surface area contributed by atoms with E-state index >= 15 is 0 Å². The van der Waals surface area contributed by atoms with Crippen LogP contribution in [0.3, 0.4) is 0 Å². The quantitative estimate of drug-likeness (QED) is 0.756. The van der Waals surface area contributed by atoms with Crippen LogP contribution in [0.15, 0.2) is 0 Å². The molecule has 3 unspecified atom stereocenters. The van der Waals surface area contributed by atoms with E-state index < -0.39 is 6.10 Å². The SMILES string of the molecule is CC1CNCC(COC(C)C(=O)N2CCOCC2)O1. The summed E-state index contributed by atoms with van der Waals surface area (Å²) >= 11 is 0. The van der Waals surface area contributed by atoms with Gasteiger partial charge in [0, 0.05) is 26.2 Å². The zero-order chi connectivity index (χ0) is 13.7. The average Bonchev–Trinajstić information content (AvgIpc) is 2.45. The molecule has 2 rings (SSSR count). The summed E-state index contributed by atoms with van der Waals surface area (Å²) in [5.74, 6) is 0.0418. The van der Waals surface area contributed by atoms with Gasteiger partial charge in [-0.2, -0.15) is 0 Å². The molecule has 1 N–H and O–H groups in total. The summed E-state index contributed by atoms with van der Waals surface area (Å²) in [5, 5.41) is 3.28. The lowest BCUT2D eigenvalue weighted by Gasteiger charge is -2.31. The highest BCUT2D eigenvalue weighted by molar-refractivity contribution is 5.80. The Labute approximate surface area is 114 Å². The van der Waals surface area contributed by atoms with Gasteiger partial charge < -0.3 is 24.4 Å². The van der Waals surface area contributed by atoms with Gasteiger partial charge in [-0.25, -0.2) is 0 Å². The van der Waals surface area contributed by atoms with E-state index in [9.17, 15) is 4.79 Å². The molecule has 110 valence electrons. The van der Waals surface area contributed by atoms with E-state index in [0.717, 1.165) is 13.1 Å². The van der Waals surface area contributed by atoms with Gasteiger partial charge in [0.2, 0.25) is 0 Å². The Hall–Kier alpha value is -0.690. The van der Waals surface area contributed by atoms with E-state index in [0.29, 0.717) is 32.9 Å². The lowest BCUT2D eigenvalue weighted by Crippen LogP contribution is -2.48. The zero-order valence-electron chi connectivity index (χ0n) is 11.8. The summed E-state index contributed by atoms with van der Waals surface area (Å²) in [5.41, 5.74) is 0. The van der Waals surface area contributed by atoms with Crippen LogP contribution >= 0.6 is 0 Å². The molecule has 0 bridgehead atoms. The Bertz CT molecular complexity index is 294. The van der Waals surface area contributed by atoms with Gasteiger partial charge in [-0.15, -0.1) is 0 Å². The Balaban J connectivity index is 1.70. The first-order valence-electron chi connectivity index (χ1n) is 7.01. The summed E-state index contributed by atoms with van der Waals surface area (Å²) < 4.78 is 16.6. The van der Waals surface area contributed by atoms with Crippen LogP contribution < -0.4 is 5.32 Å². The van der Waals surface area contributed by atoms with Crippen molar-refractivity contribution in [3.05, 3.63) is 0 Å². The van der Waals surface area contributed by atoms with Crippen molar-refractivity contribution in [1.82, 2.24) is 10.2 Å². The van der Waals surface area contributed by atoms with Crippen molar-refractivity contribution in [2.45, 2.75) is 32.2 Å². The predicted molar refractivity (Wildman–Crippen MR) is 70.0 cm³/mol. The van der Waals surface area contributed by atoms with Crippen molar-refractivity contribution < 1.29 is 19.0 Å². The molecule has 2 heterocycles. The third-order valence-electron chi connectivity index (χ3n) is 3.43. The molecule has 1 amide bonds. The van der Waals surface area contributed by atoms with Crippen LogP contribution in [0.4, 0.5) is 0 Å². The fraction of sp³-hybridized carbons (Fsp3) is 0.923. The molecular weight excluding hydrogens is 248 g/mol. The molecule has 0 aliphatic carbocycles. The Morgan fingerprint density at radius 3 is 2.84 bits per heavy atom. The van der Waals surface area contributed by atoms with Gasteiger partial charge in [-0.1, -0.05) is 0 Å². The van der Waals surface area contributed by atoms with Gasteiger partial charge in [0.25, 0.3) is 5.91 Å².